The van der Waals surface area contributed by atoms with E-state index >= 15 is 0 Å². The van der Waals surface area contributed by atoms with Gasteiger partial charge in [0.2, 0.25) is 0 Å². The molecular formula is C6H18N4O. The first-order chi connectivity index (χ1) is 5.24. The maximum Gasteiger partial charge on any atom is 0.0553 e. The van der Waals surface area contributed by atoms with Gasteiger partial charge >= 0.3 is 0 Å². The second-order valence-electron chi connectivity index (χ2n) is 1.27. The Kier molecular flexibility index (Phi) is 52.7. The first-order valence-electron chi connectivity index (χ1n) is 3.14. The van der Waals surface area contributed by atoms with E-state index in [4.69, 9.17) is 27.7 Å². The number of rotatable bonds is 2. The molecule has 0 fully saturated rings. The number of aliphatic hydroxyl groups excluding tert-OH is 1. The third kappa shape index (κ3) is 297. The molecule has 0 aliphatic rings. The largest absolute Gasteiger partial charge is 0.395 e. The van der Waals surface area contributed by atoms with Gasteiger partial charge < -0.3 is 22.3 Å². The second kappa shape index (κ2) is 34.7. The van der Waals surface area contributed by atoms with Crippen LogP contribution in [0, 0.1) is 5.41 Å². The Morgan fingerprint density at radius 3 is 1.36 bits per heavy atom. The molecule has 0 aromatic rings. The van der Waals surface area contributed by atoms with Crippen molar-refractivity contribution in [3.63, 3.8) is 0 Å². The minimum Gasteiger partial charge on any atom is -0.395 e. The van der Waals surface area contributed by atoms with E-state index in [2.05, 4.69) is 6.58 Å². The smallest absolute Gasteiger partial charge is 0.0553 e. The van der Waals surface area contributed by atoms with Crippen LogP contribution in [0.2, 0.25) is 0 Å². The van der Waals surface area contributed by atoms with Crippen molar-refractivity contribution in [2.24, 2.45) is 17.2 Å². The highest BCUT2D eigenvalue weighted by Gasteiger charge is 1.56. The van der Waals surface area contributed by atoms with Gasteiger partial charge in [-0.15, -0.1) is 0 Å². The Labute approximate surface area is 67.4 Å². The Morgan fingerprint density at radius 2 is 1.36 bits per heavy atom. The third-order valence-electron chi connectivity index (χ3n) is 0.296. The second-order valence-corrected chi connectivity index (χ2v) is 1.27. The number of hydrogen-bond acceptors (Lipinski definition) is 5. The molecule has 0 rings (SSSR count). The fourth-order valence-corrected chi connectivity index (χ4v) is 0. The average Bonchev–Trinajstić information content (AvgIpc) is 2.06. The quantitative estimate of drug-likeness (QED) is 0.309. The molecule has 0 aromatic heterocycles. The van der Waals surface area contributed by atoms with E-state index in [1.807, 2.05) is 0 Å². The van der Waals surface area contributed by atoms with Gasteiger partial charge in [-0.05, 0) is 12.4 Å². The van der Waals surface area contributed by atoms with Crippen LogP contribution < -0.4 is 17.2 Å². The van der Waals surface area contributed by atoms with E-state index in [9.17, 15) is 0 Å². The van der Waals surface area contributed by atoms with Gasteiger partial charge in [-0.25, -0.2) is 0 Å². The summed E-state index contributed by atoms with van der Waals surface area (Å²) in [5.74, 6) is 1.75. The van der Waals surface area contributed by atoms with Crippen LogP contribution in [-0.2, 0) is 0 Å². The minimum atomic E-state index is 0.0972. The predicted molar refractivity (Wildman–Crippen MR) is 47.6 cm³/mol. The first-order valence-corrected chi connectivity index (χ1v) is 3.14. The highest BCUT2D eigenvalue weighted by atomic mass is 16.3. The van der Waals surface area contributed by atoms with E-state index in [1.54, 1.807) is 5.87 Å². The topological polar surface area (TPSA) is 122 Å². The standard InChI is InChI=1S/C2H8N2.C2H7NO.C2H3N/c2*3-1-2-4;1-2-3/h1-4H2;4H,1-3H2;3H,1H2. The zero-order valence-electron chi connectivity index (χ0n) is 6.71. The van der Waals surface area contributed by atoms with Crippen LogP contribution >= 0.6 is 0 Å². The van der Waals surface area contributed by atoms with Gasteiger partial charge in [0.15, 0.2) is 0 Å². The molecule has 0 aliphatic carbocycles. The SMILES string of the molecule is C=C=N.NCCN.NCCO. The first kappa shape index (κ1) is 16.7. The number of aliphatic hydroxyl groups is 1. The number of hydrogen-bond donors (Lipinski definition) is 5. The van der Waals surface area contributed by atoms with E-state index in [1.165, 1.54) is 0 Å². The van der Waals surface area contributed by atoms with Crippen LogP contribution in [0.3, 0.4) is 0 Å². The van der Waals surface area contributed by atoms with Crippen LogP contribution in [0.4, 0.5) is 0 Å². The summed E-state index contributed by atoms with van der Waals surface area (Å²) in [5, 5.41) is 13.6. The van der Waals surface area contributed by atoms with Crippen molar-refractivity contribution in [2.45, 2.75) is 0 Å². The molecular weight excluding hydrogens is 144 g/mol. The monoisotopic (exact) mass is 162 g/mol. The molecule has 0 heterocycles. The van der Waals surface area contributed by atoms with Crippen molar-refractivity contribution >= 4 is 5.87 Å². The molecule has 0 bridgehead atoms. The molecule has 68 valence electrons. The summed E-state index contributed by atoms with van der Waals surface area (Å²) in [7, 11) is 0. The molecule has 8 N–H and O–H groups in total. The molecule has 0 aliphatic heterocycles. The average molecular weight is 162 g/mol. The lowest BCUT2D eigenvalue weighted by Gasteiger charge is -1.72. The lowest BCUT2D eigenvalue weighted by atomic mass is 10.7. The zero-order valence-corrected chi connectivity index (χ0v) is 6.71. The summed E-state index contributed by atoms with van der Waals surface area (Å²) in [6.45, 7) is 4.57. The Morgan fingerprint density at radius 1 is 1.18 bits per heavy atom. The Hall–Kier alpha value is -0.710. The highest BCUT2D eigenvalue weighted by Crippen LogP contribution is 1.33. The van der Waals surface area contributed by atoms with Gasteiger partial charge in [-0.2, -0.15) is 0 Å². The van der Waals surface area contributed by atoms with Crippen molar-refractivity contribution in [3.8, 4) is 0 Å². The van der Waals surface area contributed by atoms with Crippen molar-refractivity contribution < 1.29 is 5.11 Å². The normalized spacial score (nSPS) is 6.18. The maximum absolute atomic E-state index is 7.75. The van der Waals surface area contributed by atoms with Crippen LogP contribution in [0.1, 0.15) is 0 Å². The van der Waals surface area contributed by atoms with Gasteiger partial charge in [0, 0.05) is 19.6 Å². The summed E-state index contributed by atoms with van der Waals surface area (Å²) in [6, 6.07) is 0. The summed E-state index contributed by atoms with van der Waals surface area (Å²) >= 11 is 0. The predicted octanol–water partition coefficient (Wildman–Crippen LogP) is -1.74. The molecule has 5 heteroatoms. The van der Waals surface area contributed by atoms with E-state index in [0.717, 1.165) is 0 Å². The molecule has 0 unspecified atom stereocenters. The Bertz CT molecular complexity index is 63.0. The molecule has 0 atom stereocenters. The molecule has 0 amide bonds. The summed E-state index contributed by atoms with van der Waals surface area (Å²) in [4.78, 5) is 0. The highest BCUT2D eigenvalue weighted by molar-refractivity contribution is 5.41. The van der Waals surface area contributed by atoms with Gasteiger partial charge in [0.1, 0.15) is 0 Å². The Balaban J connectivity index is -0.0000000886. The van der Waals surface area contributed by atoms with E-state index in [0.29, 0.717) is 19.6 Å². The summed E-state index contributed by atoms with van der Waals surface area (Å²) in [6.07, 6.45) is 0. The van der Waals surface area contributed by atoms with Gasteiger partial charge in [-0.1, -0.05) is 0 Å². The third-order valence-corrected chi connectivity index (χ3v) is 0.296. The number of nitrogens with two attached hydrogens (primary N) is 3. The molecule has 0 saturated heterocycles. The molecule has 0 aromatic carbocycles. The fraction of sp³-hybridized carbons (Fsp3) is 0.667. The molecule has 5 nitrogen and oxygen atoms in total. The van der Waals surface area contributed by atoms with Crippen LogP contribution in [0.15, 0.2) is 6.58 Å². The fourth-order valence-electron chi connectivity index (χ4n) is 0. The summed E-state index contributed by atoms with van der Waals surface area (Å²) in [5.41, 5.74) is 14.6. The zero-order chi connectivity index (χ0) is 9.54. The molecule has 11 heavy (non-hydrogen) atoms. The van der Waals surface area contributed by atoms with Crippen molar-refractivity contribution in [2.75, 3.05) is 26.2 Å². The van der Waals surface area contributed by atoms with Gasteiger partial charge in [0.05, 0.1) is 6.61 Å². The van der Waals surface area contributed by atoms with Gasteiger partial charge in [0.25, 0.3) is 0 Å². The van der Waals surface area contributed by atoms with Crippen LogP contribution in [0.25, 0.3) is 0 Å². The van der Waals surface area contributed by atoms with Crippen LogP contribution in [-0.4, -0.2) is 37.2 Å². The molecule has 0 saturated carbocycles. The van der Waals surface area contributed by atoms with E-state index < -0.39 is 0 Å². The molecule has 0 radical (unpaired) electrons. The van der Waals surface area contributed by atoms with Crippen molar-refractivity contribution in [1.82, 2.24) is 0 Å². The molecule has 0 spiro atoms. The minimum absolute atomic E-state index is 0.0972. The van der Waals surface area contributed by atoms with Crippen LogP contribution in [0.5, 0.6) is 0 Å². The van der Waals surface area contributed by atoms with E-state index in [-0.39, 0.29) is 6.61 Å². The lowest BCUT2D eigenvalue weighted by Crippen LogP contribution is -2.11. The van der Waals surface area contributed by atoms with Crippen molar-refractivity contribution in [1.29, 1.82) is 5.41 Å². The lowest BCUT2D eigenvalue weighted by molar-refractivity contribution is 0.306. The number of nitrogens with one attached hydrogen (secondary N) is 1. The maximum atomic E-state index is 7.75. The van der Waals surface area contributed by atoms with Gasteiger partial charge in [-0.3, -0.25) is 5.41 Å². The van der Waals surface area contributed by atoms with Crippen molar-refractivity contribution in [3.05, 3.63) is 6.58 Å². The summed E-state index contributed by atoms with van der Waals surface area (Å²) < 4.78 is 0.